The molecule has 1 atom stereocenters. The Labute approximate surface area is 99.6 Å². The second-order valence-corrected chi connectivity index (χ2v) is 4.69. The Morgan fingerprint density at radius 2 is 2.12 bits per heavy atom. The van der Waals surface area contributed by atoms with E-state index in [2.05, 4.69) is 5.32 Å². The summed E-state index contributed by atoms with van der Waals surface area (Å²) in [7, 11) is 1.87. The fourth-order valence-electron chi connectivity index (χ4n) is 1.56. The summed E-state index contributed by atoms with van der Waals surface area (Å²) in [5.41, 5.74) is 0.571. The van der Waals surface area contributed by atoms with Crippen molar-refractivity contribution in [3.05, 3.63) is 35.4 Å². The van der Waals surface area contributed by atoms with Gasteiger partial charge in [0, 0.05) is 12.1 Å². The van der Waals surface area contributed by atoms with Crippen molar-refractivity contribution in [1.29, 1.82) is 0 Å². The fourth-order valence-corrected chi connectivity index (χ4v) is 2.08. The molecule has 0 radical (unpaired) electrons. The second-order valence-electron chi connectivity index (χ2n) is 3.71. The van der Waals surface area contributed by atoms with Crippen LogP contribution < -0.4 is 5.32 Å². The molecule has 0 saturated carbocycles. The molecule has 90 valence electrons. The first-order valence-corrected chi connectivity index (χ1v) is 6.67. The van der Waals surface area contributed by atoms with Gasteiger partial charge in [-0.25, -0.2) is 8.78 Å². The third-order valence-electron chi connectivity index (χ3n) is 2.56. The van der Waals surface area contributed by atoms with Crippen molar-refractivity contribution in [2.45, 2.75) is 18.9 Å². The summed E-state index contributed by atoms with van der Waals surface area (Å²) in [5.74, 6) is 0.0599. The van der Waals surface area contributed by atoms with Gasteiger partial charge >= 0.3 is 0 Å². The van der Waals surface area contributed by atoms with Crippen LogP contribution in [0, 0.1) is 11.6 Å². The van der Waals surface area contributed by atoms with Gasteiger partial charge in [-0.2, -0.15) is 11.8 Å². The predicted molar refractivity (Wildman–Crippen MR) is 65.9 cm³/mol. The predicted octanol–water partition coefficient (Wildman–Crippen LogP) is 2.85. The van der Waals surface area contributed by atoms with E-state index in [9.17, 15) is 8.78 Å². The number of nitrogens with one attached hydrogen (secondary N) is 1. The Morgan fingerprint density at radius 3 is 2.69 bits per heavy atom. The zero-order valence-corrected chi connectivity index (χ0v) is 10.4. The number of likely N-dealkylation sites (N-methyl/N-ethyl adjacent to an activating group) is 1. The minimum absolute atomic E-state index is 0.243. The Bertz CT molecular complexity index is 331. The average molecular weight is 245 g/mol. The van der Waals surface area contributed by atoms with Gasteiger partial charge in [-0.3, -0.25) is 0 Å². The summed E-state index contributed by atoms with van der Waals surface area (Å²) in [4.78, 5) is 0. The number of hydrogen-bond donors (Lipinski definition) is 1. The largest absolute Gasteiger partial charge is 0.317 e. The number of benzene rings is 1. The molecule has 16 heavy (non-hydrogen) atoms. The first-order valence-electron chi connectivity index (χ1n) is 5.27. The SMILES string of the molecule is CNC(CCSC)Cc1ccc(F)cc1F. The molecule has 0 heterocycles. The van der Waals surface area contributed by atoms with Crippen LogP contribution in [0.1, 0.15) is 12.0 Å². The van der Waals surface area contributed by atoms with E-state index in [0.717, 1.165) is 18.2 Å². The van der Waals surface area contributed by atoms with Gasteiger partial charge in [-0.1, -0.05) is 6.07 Å². The van der Waals surface area contributed by atoms with Crippen molar-refractivity contribution in [2.24, 2.45) is 0 Å². The number of rotatable bonds is 6. The summed E-state index contributed by atoms with van der Waals surface area (Å²) in [5, 5.41) is 3.15. The Kier molecular flexibility index (Phi) is 5.77. The first kappa shape index (κ1) is 13.5. The van der Waals surface area contributed by atoms with E-state index in [4.69, 9.17) is 0 Å². The van der Waals surface area contributed by atoms with Gasteiger partial charge in [-0.05, 0) is 43.5 Å². The van der Waals surface area contributed by atoms with Gasteiger partial charge in [0.15, 0.2) is 0 Å². The topological polar surface area (TPSA) is 12.0 Å². The quantitative estimate of drug-likeness (QED) is 0.827. The number of hydrogen-bond acceptors (Lipinski definition) is 2. The highest BCUT2D eigenvalue weighted by Gasteiger charge is 2.10. The fraction of sp³-hybridized carbons (Fsp3) is 0.500. The van der Waals surface area contributed by atoms with Crippen LogP contribution in [0.3, 0.4) is 0 Å². The number of thioether (sulfide) groups is 1. The lowest BCUT2D eigenvalue weighted by Crippen LogP contribution is -2.28. The van der Waals surface area contributed by atoms with E-state index >= 15 is 0 Å². The van der Waals surface area contributed by atoms with Crippen LogP contribution in [0.4, 0.5) is 8.78 Å². The molecule has 0 aliphatic heterocycles. The van der Waals surface area contributed by atoms with Gasteiger partial charge in [0.1, 0.15) is 11.6 Å². The molecule has 0 bridgehead atoms. The van der Waals surface area contributed by atoms with E-state index in [0.29, 0.717) is 12.0 Å². The molecule has 1 aromatic carbocycles. The summed E-state index contributed by atoms with van der Waals surface area (Å²) in [6.07, 6.45) is 3.63. The molecule has 0 spiro atoms. The van der Waals surface area contributed by atoms with Crippen LogP contribution in [-0.2, 0) is 6.42 Å². The van der Waals surface area contributed by atoms with Crippen molar-refractivity contribution in [1.82, 2.24) is 5.32 Å². The molecule has 0 aliphatic rings. The number of halogens is 2. The molecule has 1 nitrogen and oxygen atoms in total. The summed E-state index contributed by atoms with van der Waals surface area (Å²) >= 11 is 1.77. The third-order valence-corrected chi connectivity index (χ3v) is 3.20. The molecule has 1 rings (SSSR count). The molecule has 0 amide bonds. The van der Waals surface area contributed by atoms with Crippen molar-refractivity contribution >= 4 is 11.8 Å². The standard InChI is InChI=1S/C12H17F2NS/c1-15-11(5-6-16-2)7-9-3-4-10(13)8-12(9)14/h3-4,8,11,15H,5-7H2,1-2H3. The lowest BCUT2D eigenvalue weighted by Gasteiger charge is -2.15. The van der Waals surface area contributed by atoms with Gasteiger partial charge in [0.05, 0.1) is 0 Å². The first-order chi connectivity index (χ1) is 7.67. The van der Waals surface area contributed by atoms with Crippen LogP contribution in [-0.4, -0.2) is 25.1 Å². The maximum absolute atomic E-state index is 13.4. The normalized spacial score (nSPS) is 12.8. The van der Waals surface area contributed by atoms with Gasteiger partial charge in [0.2, 0.25) is 0 Å². The minimum atomic E-state index is -0.522. The molecular weight excluding hydrogens is 228 g/mol. The smallest absolute Gasteiger partial charge is 0.129 e. The monoisotopic (exact) mass is 245 g/mol. The maximum Gasteiger partial charge on any atom is 0.129 e. The molecule has 1 unspecified atom stereocenters. The van der Waals surface area contributed by atoms with Crippen LogP contribution >= 0.6 is 11.8 Å². The summed E-state index contributed by atoms with van der Waals surface area (Å²) in [6, 6.07) is 4.01. The Balaban J connectivity index is 2.62. The van der Waals surface area contributed by atoms with E-state index in [1.165, 1.54) is 12.1 Å². The van der Waals surface area contributed by atoms with E-state index < -0.39 is 11.6 Å². The summed E-state index contributed by atoms with van der Waals surface area (Å²) in [6.45, 7) is 0. The highest BCUT2D eigenvalue weighted by Crippen LogP contribution is 2.13. The molecule has 4 heteroatoms. The molecule has 0 aromatic heterocycles. The molecule has 0 fully saturated rings. The zero-order chi connectivity index (χ0) is 12.0. The van der Waals surface area contributed by atoms with Crippen LogP contribution in [0.15, 0.2) is 18.2 Å². The van der Waals surface area contributed by atoms with E-state index in [1.807, 2.05) is 13.3 Å². The van der Waals surface area contributed by atoms with E-state index in [1.54, 1.807) is 11.8 Å². The maximum atomic E-state index is 13.4. The lowest BCUT2D eigenvalue weighted by molar-refractivity contribution is 0.519. The second kappa shape index (κ2) is 6.86. The van der Waals surface area contributed by atoms with Crippen molar-refractivity contribution in [3.8, 4) is 0 Å². The van der Waals surface area contributed by atoms with Crippen molar-refractivity contribution in [3.63, 3.8) is 0 Å². The highest BCUT2D eigenvalue weighted by molar-refractivity contribution is 7.98. The molecular formula is C12H17F2NS. The van der Waals surface area contributed by atoms with Gasteiger partial charge in [0.25, 0.3) is 0 Å². The van der Waals surface area contributed by atoms with E-state index in [-0.39, 0.29) is 6.04 Å². The third kappa shape index (κ3) is 4.10. The van der Waals surface area contributed by atoms with Crippen molar-refractivity contribution < 1.29 is 8.78 Å². The molecule has 1 N–H and O–H groups in total. The highest BCUT2D eigenvalue weighted by atomic mass is 32.2. The van der Waals surface area contributed by atoms with Crippen LogP contribution in [0.5, 0.6) is 0 Å². The Hall–Kier alpha value is -0.610. The van der Waals surface area contributed by atoms with Gasteiger partial charge < -0.3 is 5.32 Å². The van der Waals surface area contributed by atoms with Crippen LogP contribution in [0.2, 0.25) is 0 Å². The molecule has 0 saturated heterocycles. The van der Waals surface area contributed by atoms with Crippen molar-refractivity contribution in [2.75, 3.05) is 19.1 Å². The lowest BCUT2D eigenvalue weighted by atomic mass is 10.0. The Morgan fingerprint density at radius 1 is 1.38 bits per heavy atom. The van der Waals surface area contributed by atoms with Gasteiger partial charge in [-0.15, -0.1) is 0 Å². The minimum Gasteiger partial charge on any atom is -0.317 e. The molecule has 0 aliphatic carbocycles. The average Bonchev–Trinajstić information content (AvgIpc) is 2.27. The van der Waals surface area contributed by atoms with Crippen LogP contribution in [0.25, 0.3) is 0 Å². The zero-order valence-electron chi connectivity index (χ0n) is 9.59. The molecule has 1 aromatic rings. The summed E-state index contributed by atoms with van der Waals surface area (Å²) < 4.78 is 26.1.